The van der Waals surface area contributed by atoms with Crippen LogP contribution in [0.5, 0.6) is 0 Å². The van der Waals surface area contributed by atoms with Crippen molar-refractivity contribution in [3.8, 4) is 17.5 Å². The zero-order valence-corrected chi connectivity index (χ0v) is 18.7. The Hall–Kier alpha value is -3.98. The molecule has 0 fully saturated rings. The third-order valence-electron chi connectivity index (χ3n) is 5.57. The lowest BCUT2D eigenvalue weighted by atomic mass is 10.0. The Morgan fingerprint density at radius 1 is 1.22 bits per heavy atom. The van der Waals surface area contributed by atoms with E-state index in [4.69, 9.17) is 0 Å². The molecule has 4 rings (SSSR count). The third-order valence-corrected chi connectivity index (χ3v) is 5.57. The minimum Gasteiger partial charge on any atom is -0.392 e. The molecule has 7 nitrogen and oxygen atoms in total. The second-order valence-corrected chi connectivity index (χ2v) is 8.32. The number of carbonyl (C=O) groups is 1. The summed E-state index contributed by atoms with van der Waals surface area (Å²) >= 11 is 0. The van der Waals surface area contributed by atoms with Crippen molar-refractivity contribution < 1.29 is 31.9 Å². The predicted octanol–water partition coefficient (Wildman–Crippen LogP) is 2.94. The molecule has 0 saturated carbocycles. The second-order valence-electron chi connectivity index (χ2n) is 8.32. The van der Waals surface area contributed by atoms with Crippen LogP contribution in [0.15, 0.2) is 41.6 Å². The van der Waals surface area contributed by atoms with Gasteiger partial charge in [0.25, 0.3) is 11.5 Å². The standard InChI is InChI=1S/C24H19F5N4O3/c1-13-10-32(12-30-13)20-6-5-19-22(35)31-15(11-33(19)23(20)36)9-16(34)4-2-3-14-7-17(25)21(18(26)8-14)24(27,28)29/h5-8,10,12,15-16,34H,4,9,11H2,1H3,(H,31,35)/t15?,16-/m0/s1. The number of aliphatic hydroxyl groups is 1. The summed E-state index contributed by atoms with van der Waals surface area (Å²) in [5.74, 6) is 0.732. The number of benzene rings is 1. The highest BCUT2D eigenvalue weighted by Gasteiger charge is 2.37. The van der Waals surface area contributed by atoms with Crippen molar-refractivity contribution >= 4 is 5.91 Å². The Morgan fingerprint density at radius 3 is 2.53 bits per heavy atom. The van der Waals surface area contributed by atoms with Crippen molar-refractivity contribution in [2.24, 2.45) is 0 Å². The second kappa shape index (κ2) is 9.58. The van der Waals surface area contributed by atoms with Crippen LogP contribution < -0.4 is 10.9 Å². The van der Waals surface area contributed by atoms with Gasteiger partial charge in [-0.3, -0.25) is 9.59 Å². The van der Waals surface area contributed by atoms with Gasteiger partial charge in [-0.05, 0) is 37.6 Å². The highest BCUT2D eigenvalue weighted by atomic mass is 19.4. The van der Waals surface area contributed by atoms with E-state index >= 15 is 0 Å². The van der Waals surface area contributed by atoms with Crippen LogP contribution in [-0.2, 0) is 12.7 Å². The fourth-order valence-corrected chi connectivity index (χ4v) is 3.95. The molecule has 2 aromatic heterocycles. The number of alkyl halides is 3. The van der Waals surface area contributed by atoms with Crippen LogP contribution in [0.25, 0.3) is 5.69 Å². The van der Waals surface area contributed by atoms with Crippen LogP contribution in [0, 0.1) is 30.4 Å². The van der Waals surface area contributed by atoms with Gasteiger partial charge in [0.05, 0.1) is 18.1 Å². The molecular formula is C24H19F5N4O3. The summed E-state index contributed by atoms with van der Waals surface area (Å²) in [4.78, 5) is 29.6. The van der Waals surface area contributed by atoms with Gasteiger partial charge in [-0.15, -0.1) is 0 Å². The Bertz CT molecular complexity index is 1430. The summed E-state index contributed by atoms with van der Waals surface area (Å²) in [6.07, 6.45) is -3.30. The van der Waals surface area contributed by atoms with Gasteiger partial charge in [0, 0.05) is 30.8 Å². The van der Waals surface area contributed by atoms with Gasteiger partial charge < -0.3 is 19.6 Å². The Morgan fingerprint density at radius 2 is 1.92 bits per heavy atom. The zero-order valence-electron chi connectivity index (χ0n) is 18.7. The van der Waals surface area contributed by atoms with Crippen LogP contribution in [0.4, 0.5) is 22.0 Å². The van der Waals surface area contributed by atoms with E-state index in [0.717, 1.165) is 0 Å². The topological polar surface area (TPSA) is 89.1 Å². The molecule has 2 N–H and O–H groups in total. The number of fused-ring (bicyclic) bond motifs is 1. The van der Waals surface area contributed by atoms with Gasteiger partial charge >= 0.3 is 6.18 Å². The predicted molar refractivity (Wildman–Crippen MR) is 117 cm³/mol. The molecule has 0 radical (unpaired) electrons. The summed E-state index contributed by atoms with van der Waals surface area (Å²) in [5.41, 5.74) is -1.56. The van der Waals surface area contributed by atoms with Gasteiger partial charge in [0.2, 0.25) is 0 Å². The van der Waals surface area contributed by atoms with Crippen LogP contribution >= 0.6 is 0 Å². The monoisotopic (exact) mass is 506 g/mol. The molecule has 0 aliphatic carbocycles. The summed E-state index contributed by atoms with van der Waals surface area (Å²) in [6, 6.07) is 3.36. The molecule has 12 heteroatoms. The number of aromatic nitrogens is 3. The first-order chi connectivity index (χ1) is 16.9. The van der Waals surface area contributed by atoms with Crippen molar-refractivity contribution in [2.75, 3.05) is 0 Å². The molecule has 1 amide bonds. The third kappa shape index (κ3) is 5.16. The maximum Gasteiger partial charge on any atom is 0.422 e. The molecule has 1 aliphatic heterocycles. The van der Waals surface area contributed by atoms with Crippen molar-refractivity contribution in [3.63, 3.8) is 0 Å². The smallest absolute Gasteiger partial charge is 0.392 e. The molecule has 36 heavy (non-hydrogen) atoms. The number of carbonyl (C=O) groups excluding carboxylic acids is 1. The first kappa shape index (κ1) is 25.1. The molecule has 1 aromatic carbocycles. The van der Waals surface area contributed by atoms with Crippen LogP contribution in [0.1, 0.15) is 40.2 Å². The quantitative estimate of drug-likeness (QED) is 0.421. The zero-order chi connectivity index (χ0) is 26.2. The van der Waals surface area contributed by atoms with E-state index < -0.39 is 47.0 Å². The Kier molecular flexibility index (Phi) is 6.69. The lowest BCUT2D eigenvalue weighted by Crippen LogP contribution is -2.49. The van der Waals surface area contributed by atoms with Crippen LogP contribution in [0.3, 0.4) is 0 Å². The fraction of sp³-hybridized carbons (Fsp3) is 0.292. The average Bonchev–Trinajstić information content (AvgIpc) is 3.19. The van der Waals surface area contributed by atoms with E-state index in [1.807, 2.05) is 0 Å². The number of halogens is 5. The van der Waals surface area contributed by atoms with E-state index in [9.17, 15) is 36.6 Å². The molecule has 188 valence electrons. The van der Waals surface area contributed by atoms with Crippen molar-refractivity contribution in [1.82, 2.24) is 19.4 Å². The van der Waals surface area contributed by atoms with E-state index in [0.29, 0.717) is 23.5 Å². The number of amides is 1. The minimum atomic E-state index is -5.18. The molecule has 1 unspecified atom stereocenters. The summed E-state index contributed by atoms with van der Waals surface area (Å²) in [6.45, 7) is 1.85. The van der Waals surface area contributed by atoms with E-state index in [-0.39, 0.29) is 30.6 Å². The van der Waals surface area contributed by atoms with Crippen molar-refractivity contribution in [1.29, 1.82) is 0 Å². The number of aliphatic hydroxyl groups excluding tert-OH is 1. The summed E-state index contributed by atoms with van der Waals surface area (Å²) in [7, 11) is 0. The van der Waals surface area contributed by atoms with Crippen molar-refractivity contribution in [3.05, 3.63) is 81.3 Å². The maximum absolute atomic E-state index is 13.7. The van der Waals surface area contributed by atoms with Gasteiger partial charge in [-0.1, -0.05) is 11.8 Å². The summed E-state index contributed by atoms with van der Waals surface area (Å²) < 4.78 is 68.2. The summed E-state index contributed by atoms with van der Waals surface area (Å²) in [5, 5.41) is 13.0. The van der Waals surface area contributed by atoms with E-state index in [2.05, 4.69) is 22.1 Å². The van der Waals surface area contributed by atoms with Gasteiger partial charge in [-0.25, -0.2) is 13.8 Å². The molecule has 2 atom stereocenters. The Labute approximate surface area is 201 Å². The maximum atomic E-state index is 13.7. The lowest BCUT2D eigenvalue weighted by Gasteiger charge is -2.28. The largest absolute Gasteiger partial charge is 0.422 e. The normalized spacial score (nSPS) is 16.1. The molecule has 0 saturated heterocycles. The van der Waals surface area contributed by atoms with Gasteiger partial charge in [0.1, 0.15) is 28.6 Å². The van der Waals surface area contributed by atoms with Crippen molar-refractivity contribution in [2.45, 2.75) is 44.6 Å². The number of pyridine rings is 1. The number of hydrogen-bond donors (Lipinski definition) is 2. The minimum absolute atomic E-state index is 0.0104. The van der Waals surface area contributed by atoms with Crippen LogP contribution in [0.2, 0.25) is 0 Å². The first-order valence-corrected chi connectivity index (χ1v) is 10.7. The number of nitrogens with one attached hydrogen (secondary N) is 1. The van der Waals surface area contributed by atoms with E-state index in [1.54, 1.807) is 17.7 Å². The lowest BCUT2D eigenvalue weighted by molar-refractivity contribution is -0.142. The highest BCUT2D eigenvalue weighted by Crippen LogP contribution is 2.33. The molecule has 1 aliphatic rings. The average molecular weight is 506 g/mol. The number of rotatable bonds is 4. The number of aryl methyl sites for hydroxylation is 1. The molecule has 3 heterocycles. The number of nitrogens with zero attached hydrogens (tertiary/aromatic N) is 3. The fourth-order valence-electron chi connectivity index (χ4n) is 3.95. The first-order valence-electron chi connectivity index (χ1n) is 10.7. The van der Waals surface area contributed by atoms with Gasteiger partial charge in [0.15, 0.2) is 0 Å². The van der Waals surface area contributed by atoms with Gasteiger partial charge in [-0.2, -0.15) is 13.2 Å². The number of hydrogen-bond acceptors (Lipinski definition) is 4. The SMILES string of the molecule is Cc1cn(-c2ccc3n(c2=O)CC(C[C@@H](O)CC#Cc2cc(F)c(C(F)(F)F)c(F)c2)NC3=O)cn1. The Balaban J connectivity index is 1.45. The van der Waals surface area contributed by atoms with Crippen LogP contribution in [-0.4, -0.2) is 37.3 Å². The molecule has 0 spiro atoms. The molecular weight excluding hydrogens is 487 g/mol. The molecule has 3 aromatic rings. The highest BCUT2D eigenvalue weighted by molar-refractivity contribution is 5.93. The van der Waals surface area contributed by atoms with E-state index in [1.165, 1.54) is 23.0 Å². The molecule has 0 bridgehead atoms. The number of imidazole rings is 1.